The lowest BCUT2D eigenvalue weighted by molar-refractivity contribution is 0.367. The van der Waals surface area contributed by atoms with Crippen LogP contribution >= 0.6 is 0 Å². The van der Waals surface area contributed by atoms with Crippen LogP contribution < -0.4 is 11.1 Å². The Balaban J connectivity index is 1.91. The molecule has 1 aromatic heterocycles. The highest BCUT2D eigenvalue weighted by Gasteiger charge is 2.27. The van der Waals surface area contributed by atoms with Crippen molar-refractivity contribution in [2.45, 2.75) is 38.3 Å². The van der Waals surface area contributed by atoms with Gasteiger partial charge in [-0.05, 0) is 32.2 Å². The molecule has 0 spiro atoms. The van der Waals surface area contributed by atoms with Gasteiger partial charge >= 0.3 is 0 Å². The molecule has 1 aromatic rings. The van der Waals surface area contributed by atoms with E-state index in [1.807, 2.05) is 0 Å². The maximum absolute atomic E-state index is 5.74. The molecule has 84 valence electrons. The molecule has 1 saturated carbocycles. The molecule has 15 heavy (non-hydrogen) atoms. The van der Waals surface area contributed by atoms with Crippen LogP contribution in [0.15, 0.2) is 6.33 Å². The summed E-state index contributed by atoms with van der Waals surface area (Å²) >= 11 is 0. The van der Waals surface area contributed by atoms with Gasteiger partial charge in [0.15, 0.2) is 0 Å². The van der Waals surface area contributed by atoms with Crippen molar-refractivity contribution >= 4 is 0 Å². The van der Waals surface area contributed by atoms with Crippen molar-refractivity contribution in [2.24, 2.45) is 11.7 Å². The first-order chi connectivity index (χ1) is 7.31. The molecule has 4 N–H and O–H groups in total. The molecule has 1 aliphatic carbocycles. The number of hydrogen-bond donors (Lipinski definition) is 3. The van der Waals surface area contributed by atoms with Crippen LogP contribution in [-0.4, -0.2) is 27.8 Å². The Labute approximate surface area is 89.9 Å². The van der Waals surface area contributed by atoms with Gasteiger partial charge in [0.1, 0.15) is 12.2 Å². The number of aromatic nitrogens is 3. The van der Waals surface area contributed by atoms with E-state index >= 15 is 0 Å². The van der Waals surface area contributed by atoms with E-state index in [0.29, 0.717) is 12.0 Å². The van der Waals surface area contributed by atoms with Crippen LogP contribution in [-0.2, 0) is 0 Å². The first-order valence-electron chi connectivity index (χ1n) is 5.62. The molecule has 0 bridgehead atoms. The van der Waals surface area contributed by atoms with Gasteiger partial charge in [0.05, 0.1) is 6.04 Å². The predicted molar refractivity (Wildman–Crippen MR) is 58.1 cm³/mol. The van der Waals surface area contributed by atoms with E-state index in [9.17, 15) is 0 Å². The van der Waals surface area contributed by atoms with E-state index < -0.39 is 0 Å². The summed E-state index contributed by atoms with van der Waals surface area (Å²) in [7, 11) is 0. The van der Waals surface area contributed by atoms with Crippen molar-refractivity contribution in [2.75, 3.05) is 6.54 Å². The fraction of sp³-hybridized carbons (Fsp3) is 0.800. The van der Waals surface area contributed by atoms with Crippen LogP contribution in [0.5, 0.6) is 0 Å². The first-order valence-corrected chi connectivity index (χ1v) is 5.62. The number of H-pyrrole nitrogens is 1. The fourth-order valence-corrected chi connectivity index (χ4v) is 2.36. The molecule has 3 atom stereocenters. The van der Waals surface area contributed by atoms with Crippen molar-refractivity contribution in [1.29, 1.82) is 0 Å². The minimum atomic E-state index is 0.227. The lowest BCUT2D eigenvalue weighted by Crippen LogP contribution is -2.37. The molecule has 0 saturated heterocycles. The number of nitrogens with one attached hydrogen (secondary N) is 2. The van der Waals surface area contributed by atoms with Gasteiger partial charge in [-0.1, -0.05) is 6.42 Å². The van der Waals surface area contributed by atoms with Gasteiger partial charge in [-0.15, -0.1) is 0 Å². The average Bonchev–Trinajstić information content (AvgIpc) is 2.87. The minimum Gasteiger partial charge on any atom is -0.330 e. The third kappa shape index (κ3) is 2.35. The second kappa shape index (κ2) is 4.72. The summed E-state index contributed by atoms with van der Waals surface area (Å²) in [5.74, 6) is 1.52. The van der Waals surface area contributed by atoms with Crippen molar-refractivity contribution < 1.29 is 0 Å². The zero-order chi connectivity index (χ0) is 10.7. The molecule has 0 radical (unpaired) electrons. The van der Waals surface area contributed by atoms with Crippen molar-refractivity contribution in [1.82, 2.24) is 20.5 Å². The summed E-state index contributed by atoms with van der Waals surface area (Å²) in [6.07, 6.45) is 5.29. The van der Waals surface area contributed by atoms with E-state index in [0.717, 1.165) is 12.4 Å². The molecule has 1 heterocycles. The minimum absolute atomic E-state index is 0.227. The van der Waals surface area contributed by atoms with Crippen LogP contribution in [0.4, 0.5) is 0 Å². The number of rotatable bonds is 4. The molecule has 1 aliphatic rings. The summed E-state index contributed by atoms with van der Waals surface area (Å²) in [4.78, 5) is 4.15. The molecule has 5 heteroatoms. The van der Waals surface area contributed by atoms with Crippen molar-refractivity contribution in [3.63, 3.8) is 0 Å². The molecular formula is C10H19N5. The average molecular weight is 209 g/mol. The van der Waals surface area contributed by atoms with Crippen molar-refractivity contribution in [3.05, 3.63) is 12.2 Å². The van der Waals surface area contributed by atoms with Gasteiger partial charge in [-0.25, -0.2) is 4.98 Å². The second-order valence-electron chi connectivity index (χ2n) is 4.29. The lowest BCUT2D eigenvalue weighted by Gasteiger charge is -2.22. The Morgan fingerprint density at radius 1 is 1.67 bits per heavy atom. The van der Waals surface area contributed by atoms with Crippen LogP contribution in [0, 0.1) is 5.92 Å². The quantitative estimate of drug-likeness (QED) is 0.678. The molecule has 0 aliphatic heterocycles. The Bertz CT molecular complexity index is 284. The van der Waals surface area contributed by atoms with Crippen molar-refractivity contribution in [3.8, 4) is 0 Å². The standard InChI is InChI=1S/C10H19N5/c1-7(10-12-6-13-15-10)14-9-4-2-3-8(9)5-11/h6-9,14H,2-5,11H2,1H3,(H,12,13,15). The fourth-order valence-electron chi connectivity index (χ4n) is 2.36. The Morgan fingerprint density at radius 2 is 2.53 bits per heavy atom. The maximum atomic E-state index is 5.74. The molecule has 5 nitrogen and oxygen atoms in total. The molecule has 0 aromatic carbocycles. The van der Waals surface area contributed by atoms with Gasteiger partial charge < -0.3 is 11.1 Å². The van der Waals surface area contributed by atoms with Gasteiger partial charge in [0.2, 0.25) is 0 Å². The zero-order valence-electron chi connectivity index (χ0n) is 9.11. The number of hydrogen-bond acceptors (Lipinski definition) is 4. The van der Waals surface area contributed by atoms with Gasteiger partial charge in [0.25, 0.3) is 0 Å². The number of nitrogens with zero attached hydrogens (tertiary/aromatic N) is 2. The van der Waals surface area contributed by atoms with Gasteiger partial charge in [0, 0.05) is 6.04 Å². The summed E-state index contributed by atoms with van der Waals surface area (Å²) in [6, 6.07) is 0.764. The summed E-state index contributed by atoms with van der Waals surface area (Å²) < 4.78 is 0. The highest BCUT2D eigenvalue weighted by Crippen LogP contribution is 2.26. The van der Waals surface area contributed by atoms with E-state index in [1.165, 1.54) is 19.3 Å². The van der Waals surface area contributed by atoms with Crippen LogP contribution in [0.2, 0.25) is 0 Å². The largest absolute Gasteiger partial charge is 0.330 e. The lowest BCUT2D eigenvalue weighted by atomic mass is 10.0. The molecule has 3 unspecified atom stereocenters. The predicted octanol–water partition coefficient (Wildman–Crippen LogP) is 0.583. The first kappa shape index (κ1) is 10.6. The third-order valence-electron chi connectivity index (χ3n) is 3.27. The van der Waals surface area contributed by atoms with Gasteiger partial charge in [-0.2, -0.15) is 5.10 Å². The SMILES string of the molecule is CC(NC1CCCC1CN)c1ncn[nH]1. The van der Waals surface area contributed by atoms with Crippen LogP contribution in [0.25, 0.3) is 0 Å². The zero-order valence-corrected chi connectivity index (χ0v) is 9.11. The molecule has 0 amide bonds. The van der Waals surface area contributed by atoms with E-state index in [2.05, 4.69) is 27.4 Å². The second-order valence-corrected chi connectivity index (χ2v) is 4.29. The molecule has 1 fully saturated rings. The summed E-state index contributed by atoms with van der Waals surface area (Å²) in [6.45, 7) is 2.88. The summed E-state index contributed by atoms with van der Waals surface area (Å²) in [5.41, 5.74) is 5.74. The third-order valence-corrected chi connectivity index (χ3v) is 3.27. The Morgan fingerprint density at radius 3 is 3.20 bits per heavy atom. The van der Waals surface area contributed by atoms with Crippen LogP contribution in [0.1, 0.15) is 38.1 Å². The van der Waals surface area contributed by atoms with Crippen LogP contribution in [0.3, 0.4) is 0 Å². The van der Waals surface area contributed by atoms with E-state index in [4.69, 9.17) is 5.73 Å². The smallest absolute Gasteiger partial charge is 0.141 e. The molecular weight excluding hydrogens is 190 g/mol. The van der Waals surface area contributed by atoms with E-state index in [-0.39, 0.29) is 6.04 Å². The van der Waals surface area contributed by atoms with E-state index in [1.54, 1.807) is 6.33 Å². The maximum Gasteiger partial charge on any atom is 0.141 e. The Kier molecular flexibility index (Phi) is 3.33. The number of aromatic amines is 1. The topological polar surface area (TPSA) is 79.6 Å². The highest BCUT2D eigenvalue weighted by molar-refractivity contribution is 4.93. The molecule has 2 rings (SSSR count). The normalized spacial score (nSPS) is 28.1. The monoisotopic (exact) mass is 209 g/mol. The van der Waals surface area contributed by atoms with Gasteiger partial charge in [-0.3, -0.25) is 5.10 Å². The summed E-state index contributed by atoms with van der Waals surface area (Å²) in [5, 5.41) is 10.3. The Hall–Kier alpha value is -0.940. The number of nitrogens with two attached hydrogens (primary N) is 1. The highest BCUT2D eigenvalue weighted by atomic mass is 15.2.